The Morgan fingerprint density at radius 3 is 2.37 bits per heavy atom. The molecular formula is C38H57N5. The molecular weight excluding hydrogens is 526 g/mol. The fourth-order valence-electron chi connectivity index (χ4n) is 5.84. The summed E-state index contributed by atoms with van der Waals surface area (Å²) in [5, 5.41) is 0. The standard InChI is InChI=1S/C28H37N5.C10H20/c1-5-20(2)21(3)17-25(29-4)26-18-27(22-7-6-8-22)33-19-24(11-12-28(33)30-26)32-15-13-31(14-16-32)23-9-10-23;1-5-7-8-10(4)9(3)6-2/h11-12,17-19,23H,2,5-10,13-16H2,1,3-4H3;8-9H,5-7H2,1-4H3/b21-17+,29-25?;10-8-. The topological polar surface area (TPSA) is 34.4 Å². The second kappa shape index (κ2) is 15.7. The van der Waals surface area contributed by atoms with Crippen molar-refractivity contribution < 1.29 is 0 Å². The third-order valence-corrected chi connectivity index (χ3v) is 9.73. The predicted octanol–water partition coefficient (Wildman–Crippen LogP) is 8.98. The van der Waals surface area contributed by atoms with Gasteiger partial charge in [0.15, 0.2) is 0 Å². The smallest absolute Gasteiger partial charge is 0.137 e. The van der Waals surface area contributed by atoms with Crippen molar-refractivity contribution in [3.63, 3.8) is 0 Å². The number of fused-ring (bicyclic) bond motifs is 1. The minimum atomic E-state index is 0.784. The van der Waals surface area contributed by atoms with E-state index < -0.39 is 0 Å². The molecule has 0 aromatic rings. The zero-order valence-electron chi connectivity index (χ0n) is 28.3. The van der Waals surface area contributed by atoms with Gasteiger partial charge in [0.2, 0.25) is 0 Å². The molecule has 2 saturated carbocycles. The van der Waals surface area contributed by atoms with Crippen LogP contribution in [-0.4, -0.2) is 65.5 Å². The van der Waals surface area contributed by atoms with Gasteiger partial charge in [-0.3, -0.25) is 14.8 Å². The first-order valence-corrected chi connectivity index (χ1v) is 17.0. The summed E-state index contributed by atoms with van der Waals surface area (Å²) in [4.78, 5) is 17.1. The molecule has 3 fully saturated rings. The molecule has 0 amide bonds. The zero-order valence-corrected chi connectivity index (χ0v) is 28.3. The molecule has 234 valence electrons. The highest BCUT2D eigenvalue weighted by molar-refractivity contribution is 6.12. The first-order chi connectivity index (χ1) is 20.8. The molecule has 3 heterocycles. The van der Waals surface area contributed by atoms with E-state index in [0.717, 1.165) is 54.3 Å². The molecule has 5 aliphatic rings. The fraction of sp³-hybridized carbons (Fsp3) is 0.579. The molecule has 1 saturated heterocycles. The highest BCUT2D eigenvalue weighted by Crippen LogP contribution is 2.36. The summed E-state index contributed by atoms with van der Waals surface area (Å²) >= 11 is 0. The van der Waals surface area contributed by atoms with E-state index in [1.165, 1.54) is 87.0 Å². The summed E-state index contributed by atoms with van der Waals surface area (Å²) in [7, 11) is 1.85. The molecule has 43 heavy (non-hydrogen) atoms. The van der Waals surface area contributed by atoms with Gasteiger partial charge in [-0.1, -0.05) is 57.9 Å². The Morgan fingerprint density at radius 1 is 1.09 bits per heavy atom. The van der Waals surface area contributed by atoms with Gasteiger partial charge in [-0.25, -0.2) is 4.99 Å². The van der Waals surface area contributed by atoms with Crippen LogP contribution < -0.4 is 0 Å². The fourth-order valence-corrected chi connectivity index (χ4v) is 5.84. The van der Waals surface area contributed by atoms with Crippen molar-refractivity contribution in [3.8, 4) is 0 Å². The lowest BCUT2D eigenvalue weighted by Gasteiger charge is -2.39. The molecule has 0 aromatic carbocycles. The summed E-state index contributed by atoms with van der Waals surface area (Å²) in [6.07, 6.45) is 24.6. The second-order valence-corrected chi connectivity index (χ2v) is 12.8. The second-order valence-electron chi connectivity index (χ2n) is 12.8. The first-order valence-electron chi connectivity index (χ1n) is 17.0. The van der Waals surface area contributed by atoms with E-state index in [1.807, 2.05) is 7.05 Å². The summed E-state index contributed by atoms with van der Waals surface area (Å²) in [6, 6.07) is 0.865. The number of unbranched alkanes of at least 4 members (excludes halogenated alkanes) is 1. The molecule has 0 bridgehead atoms. The minimum absolute atomic E-state index is 0.784. The molecule has 0 aromatic heterocycles. The highest BCUT2D eigenvalue weighted by Gasteiger charge is 2.32. The molecule has 5 rings (SSSR count). The highest BCUT2D eigenvalue weighted by atomic mass is 15.3. The quantitative estimate of drug-likeness (QED) is 0.146. The summed E-state index contributed by atoms with van der Waals surface area (Å²) in [5.41, 5.74) is 9.87. The van der Waals surface area contributed by atoms with Crippen LogP contribution in [0.5, 0.6) is 0 Å². The average Bonchev–Trinajstić information content (AvgIpc) is 3.86. The Hall–Kier alpha value is -2.92. The van der Waals surface area contributed by atoms with Crippen LogP contribution in [0.15, 0.2) is 92.5 Å². The van der Waals surface area contributed by atoms with E-state index in [0.29, 0.717) is 0 Å². The number of amidine groups is 1. The normalized spacial score (nSPS) is 22.2. The van der Waals surface area contributed by atoms with Crippen LogP contribution in [0.2, 0.25) is 0 Å². The van der Waals surface area contributed by atoms with Crippen molar-refractivity contribution in [2.45, 2.75) is 105 Å². The van der Waals surface area contributed by atoms with E-state index in [2.05, 4.69) is 104 Å². The Bertz CT molecular complexity index is 1250. The lowest BCUT2D eigenvalue weighted by Crippen LogP contribution is -2.47. The van der Waals surface area contributed by atoms with Gasteiger partial charge < -0.3 is 4.90 Å². The number of hydrogen-bond donors (Lipinski definition) is 0. The van der Waals surface area contributed by atoms with E-state index in [-0.39, 0.29) is 0 Å². The molecule has 1 unspecified atom stereocenters. The molecule has 0 radical (unpaired) electrons. The Morgan fingerprint density at radius 2 is 1.81 bits per heavy atom. The van der Waals surface area contributed by atoms with Crippen molar-refractivity contribution >= 4 is 11.5 Å². The van der Waals surface area contributed by atoms with Crippen molar-refractivity contribution in [2.75, 3.05) is 33.2 Å². The van der Waals surface area contributed by atoms with Crippen LogP contribution in [0.4, 0.5) is 0 Å². The maximum atomic E-state index is 5.03. The zero-order chi connectivity index (χ0) is 30.9. The Kier molecular flexibility index (Phi) is 12.0. The van der Waals surface area contributed by atoms with Gasteiger partial charge in [-0.2, -0.15) is 0 Å². The number of aliphatic imine (C=N–C) groups is 2. The van der Waals surface area contributed by atoms with Crippen molar-refractivity contribution in [3.05, 3.63) is 82.5 Å². The lowest BCUT2D eigenvalue weighted by molar-refractivity contribution is 0.154. The van der Waals surface area contributed by atoms with Crippen LogP contribution in [0, 0.1) is 5.92 Å². The third-order valence-electron chi connectivity index (χ3n) is 9.73. The van der Waals surface area contributed by atoms with Gasteiger partial charge in [-0.15, -0.1) is 0 Å². The minimum Gasteiger partial charge on any atom is -0.368 e. The van der Waals surface area contributed by atoms with Crippen LogP contribution in [0.3, 0.4) is 0 Å². The maximum Gasteiger partial charge on any atom is 0.137 e. The summed E-state index contributed by atoms with van der Waals surface area (Å²) < 4.78 is 0. The molecule has 0 spiro atoms. The van der Waals surface area contributed by atoms with Gasteiger partial charge in [-0.05, 0) is 107 Å². The van der Waals surface area contributed by atoms with Crippen molar-refractivity contribution in [1.82, 2.24) is 14.7 Å². The number of allylic oxidation sites excluding steroid dienone is 8. The molecule has 5 nitrogen and oxygen atoms in total. The maximum absolute atomic E-state index is 5.03. The van der Waals surface area contributed by atoms with Gasteiger partial charge >= 0.3 is 0 Å². The first kappa shape index (κ1) is 33.0. The van der Waals surface area contributed by atoms with Gasteiger partial charge in [0.25, 0.3) is 0 Å². The third kappa shape index (κ3) is 8.59. The number of hydrogen-bond acceptors (Lipinski definition) is 5. The summed E-state index contributed by atoms with van der Waals surface area (Å²) in [5.74, 6) is 1.77. The number of nitrogens with zero attached hydrogens (tertiary/aromatic N) is 5. The predicted molar refractivity (Wildman–Crippen MR) is 186 cm³/mol. The van der Waals surface area contributed by atoms with E-state index in [9.17, 15) is 0 Å². The van der Waals surface area contributed by atoms with Crippen LogP contribution >= 0.6 is 0 Å². The molecule has 5 heteroatoms. The number of rotatable bonds is 10. The lowest BCUT2D eigenvalue weighted by atomic mass is 9.89. The molecule has 0 N–H and O–H groups in total. The molecule has 1 atom stereocenters. The van der Waals surface area contributed by atoms with Crippen LogP contribution in [0.1, 0.15) is 99.3 Å². The van der Waals surface area contributed by atoms with Crippen molar-refractivity contribution in [2.24, 2.45) is 15.9 Å². The van der Waals surface area contributed by atoms with Gasteiger partial charge in [0.05, 0.1) is 17.1 Å². The van der Waals surface area contributed by atoms with Crippen molar-refractivity contribution in [1.29, 1.82) is 0 Å². The largest absolute Gasteiger partial charge is 0.368 e. The monoisotopic (exact) mass is 583 g/mol. The van der Waals surface area contributed by atoms with Crippen LogP contribution in [-0.2, 0) is 0 Å². The van der Waals surface area contributed by atoms with Gasteiger partial charge in [0.1, 0.15) is 5.84 Å². The van der Waals surface area contributed by atoms with E-state index in [4.69, 9.17) is 4.99 Å². The Labute approximate surface area is 262 Å². The summed E-state index contributed by atoms with van der Waals surface area (Å²) in [6.45, 7) is 22.0. The van der Waals surface area contributed by atoms with Crippen LogP contribution in [0.25, 0.3) is 0 Å². The van der Waals surface area contributed by atoms with E-state index in [1.54, 1.807) is 5.57 Å². The average molecular weight is 584 g/mol. The molecule has 3 aliphatic heterocycles. The number of piperazine rings is 1. The van der Waals surface area contributed by atoms with E-state index >= 15 is 0 Å². The van der Waals surface area contributed by atoms with Gasteiger partial charge in [0, 0.05) is 51.2 Å². The SMILES string of the molecule is C=C(CC)/C(C)=C/C(=NC)C1=CC(=C2CCC2)N2C=C(N3CCN(C4CC4)CC3)C=CC2=N1.CCC/C=C(/C)C(C)CC. The Balaban J connectivity index is 0.000000365. The molecule has 2 aliphatic carbocycles.